The highest BCUT2D eigenvalue weighted by molar-refractivity contribution is 5.94. The number of carbonyl (C=O) groups excluding carboxylic acids is 1. The predicted molar refractivity (Wildman–Crippen MR) is 71.7 cm³/mol. The lowest BCUT2D eigenvalue weighted by Gasteiger charge is -2.23. The van der Waals surface area contributed by atoms with Gasteiger partial charge >= 0.3 is 0 Å². The van der Waals surface area contributed by atoms with Crippen LogP contribution in [0.2, 0.25) is 0 Å². The maximum Gasteiger partial charge on any atom is 0.254 e. The molecule has 2 N–H and O–H groups in total. The average Bonchev–Trinajstić information content (AvgIpc) is 2.34. The first-order chi connectivity index (χ1) is 8.18. The van der Waals surface area contributed by atoms with Crippen LogP contribution in [-0.4, -0.2) is 25.0 Å². The first-order valence-electron chi connectivity index (χ1n) is 5.95. The fraction of sp³-hybridized carbons (Fsp3) is 0.462. The second-order valence-electron chi connectivity index (χ2n) is 4.45. The van der Waals surface area contributed by atoms with Gasteiger partial charge in [-0.25, -0.2) is 4.39 Å². The van der Waals surface area contributed by atoms with Gasteiger partial charge in [-0.1, -0.05) is 12.1 Å². The number of halogens is 2. The number of benzene rings is 1. The Kier molecular flexibility index (Phi) is 5.56. The fourth-order valence-corrected chi connectivity index (χ4v) is 2.06. The highest BCUT2D eigenvalue weighted by Gasteiger charge is 2.18. The molecule has 1 unspecified atom stereocenters. The Morgan fingerprint density at radius 2 is 2.28 bits per heavy atom. The Morgan fingerprint density at radius 3 is 2.94 bits per heavy atom. The zero-order chi connectivity index (χ0) is 12.3. The lowest BCUT2D eigenvalue weighted by atomic mass is 10.1. The minimum Gasteiger partial charge on any atom is -0.348 e. The van der Waals surface area contributed by atoms with Crippen molar-refractivity contribution in [3.8, 4) is 0 Å². The van der Waals surface area contributed by atoms with E-state index in [1.54, 1.807) is 19.1 Å². The smallest absolute Gasteiger partial charge is 0.254 e. The quantitative estimate of drug-likeness (QED) is 0.865. The standard InChI is InChI=1S/C13H17FN2O.ClH/c1-9-4-2-6-11(12(9)14)13(17)16-10-5-3-7-15-8-10;/h2,4,6,10,15H,3,5,7-8H2,1H3,(H,16,17);1H. The molecule has 1 atom stereocenters. The monoisotopic (exact) mass is 272 g/mol. The minimum atomic E-state index is -0.422. The molecule has 1 aromatic carbocycles. The molecule has 3 nitrogen and oxygen atoms in total. The van der Waals surface area contributed by atoms with Crippen LogP contribution in [0.4, 0.5) is 4.39 Å². The predicted octanol–water partition coefficient (Wildman–Crippen LogP) is 2.04. The molecule has 100 valence electrons. The number of hydrogen-bond donors (Lipinski definition) is 2. The van der Waals surface area contributed by atoms with Crippen LogP contribution in [0.5, 0.6) is 0 Å². The summed E-state index contributed by atoms with van der Waals surface area (Å²) in [6, 6.07) is 4.99. The molecule has 18 heavy (non-hydrogen) atoms. The Bertz CT molecular complexity index is 419. The third-order valence-corrected chi connectivity index (χ3v) is 3.07. The summed E-state index contributed by atoms with van der Waals surface area (Å²) in [4.78, 5) is 11.9. The highest BCUT2D eigenvalue weighted by Crippen LogP contribution is 2.12. The second kappa shape index (κ2) is 6.71. The van der Waals surface area contributed by atoms with Gasteiger partial charge in [0.25, 0.3) is 5.91 Å². The van der Waals surface area contributed by atoms with Crippen molar-refractivity contribution in [1.29, 1.82) is 0 Å². The number of carbonyl (C=O) groups is 1. The number of rotatable bonds is 2. The van der Waals surface area contributed by atoms with E-state index in [4.69, 9.17) is 0 Å². The molecule has 0 radical (unpaired) electrons. The molecule has 1 fully saturated rings. The van der Waals surface area contributed by atoms with Crippen molar-refractivity contribution in [3.05, 3.63) is 35.1 Å². The number of hydrogen-bond acceptors (Lipinski definition) is 2. The molecule has 0 spiro atoms. The lowest BCUT2D eigenvalue weighted by Crippen LogP contribution is -2.45. The van der Waals surface area contributed by atoms with Gasteiger partial charge in [-0.3, -0.25) is 4.79 Å². The summed E-state index contributed by atoms with van der Waals surface area (Å²) in [6.45, 7) is 3.42. The van der Waals surface area contributed by atoms with Crippen LogP contribution in [0.15, 0.2) is 18.2 Å². The first-order valence-corrected chi connectivity index (χ1v) is 5.95. The van der Waals surface area contributed by atoms with Crippen molar-refractivity contribution in [2.24, 2.45) is 0 Å². The van der Waals surface area contributed by atoms with E-state index in [2.05, 4.69) is 10.6 Å². The molecule has 1 heterocycles. The van der Waals surface area contributed by atoms with Crippen LogP contribution in [0.25, 0.3) is 0 Å². The molecule has 1 aromatic rings. The summed E-state index contributed by atoms with van der Waals surface area (Å²) in [5, 5.41) is 6.07. The lowest BCUT2D eigenvalue weighted by molar-refractivity contribution is 0.0926. The summed E-state index contributed by atoms with van der Waals surface area (Å²) >= 11 is 0. The van der Waals surface area contributed by atoms with E-state index >= 15 is 0 Å². The Hall–Kier alpha value is -1.13. The van der Waals surface area contributed by atoms with Crippen molar-refractivity contribution >= 4 is 18.3 Å². The molecule has 1 amide bonds. The van der Waals surface area contributed by atoms with Crippen LogP contribution in [0.1, 0.15) is 28.8 Å². The minimum absolute atomic E-state index is 0. The number of nitrogens with one attached hydrogen (secondary N) is 2. The SMILES string of the molecule is Cc1cccc(C(=O)NC2CCCNC2)c1F.Cl. The summed E-state index contributed by atoms with van der Waals surface area (Å²) in [5.41, 5.74) is 0.634. The molecule has 0 aliphatic carbocycles. The van der Waals surface area contributed by atoms with Crippen LogP contribution >= 0.6 is 12.4 Å². The van der Waals surface area contributed by atoms with E-state index < -0.39 is 5.82 Å². The molecule has 5 heteroatoms. The number of piperidine rings is 1. The van der Waals surface area contributed by atoms with Gasteiger partial charge in [-0.2, -0.15) is 0 Å². The second-order valence-corrected chi connectivity index (χ2v) is 4.45. The molecule has 1 aliphatic heterocycles. The number of aryl methyl sites for hydroxylation is 1. The summed E-state index contributed by atoms with van der Waals surface area (Å²) in [7, 11) is 0. The molecular weight excluding hydrogens is 255 g/mol. The van der Waals surface area contributed by atoms with Crippen LogP contribution in [0.3, 0.4) is 0 Å². The van der Waals surface area contributed by atoms with Gasteiger partial charge in [0, 0.05) is 12.6 Å². The van der Waals surface area contributed by atoms with Crippen molar-refractivity contribution < 1.29 is 9.18 Å². The molecule has 0 bridgehead atoms. The van der Waals surface area contributed by atoms with E-state index in [0.717, 1.165) is 25.9 Å². The Labute approximate surface area is 113 Å². The summed E-state index contributed by atoms with van der Waals surface area (Å²) in [5.74, 6) is -0.742. The van der Waals surface area contributed by atoms with Gasteiger partial charge in [-0.05, 0) is 37.9 Å². The van der Waals surface area contributed by atoms with Crippen LogP contribution in [-0.2, 0) is 0 Å². The van der Waals surface area contributed by atoms with Gasteiger partial charge in [0.05, 0.1) is 5.56 Å². The molecule has 0 saturated carbocycles. The van der Waals surface area contributed by atoms with Crippen molar-refractivity contribution in [3.63, 3.8) is 0 Å². The van der Waals surface area contributed by atoms with E-state index in [-0.39, 0.29) is 29.9 Å². The Morgan fingerprint density at radius 1 is 1.50 bits per heavy atom. The van der Waals surface area contributed by atoms with E-state index in [1.807, 2.05) is 0 Å². The molecule has 0 aromatic heterocycles. The molecule has 2 rings (SSSR count). The van der Waals surface area contributed by atoms with Gasteiger partial charge in [0.15, 0.2) is 0 Å². The number of amides is 1. The van der Waals surface area contributed by atoms with Crippen molar-refractivity contribution in [2.75, 3.05) is 13.1 Å². The zero-order valence-corrected chi connectivity index (χ0v) is 11.1. The summed E-state index contributed by atoms with van der Waals surface area (Å²) in [6.07, 6.45) is 1.99. The third kappa shape index (κ3) is 3.43. The van der Waals surface area contributed by atoms with Gasteiger partial charge in [-0.15, -0.1) is 12.4 Å². The van der Waals surface area contributed by atoms with E-state index in [0.29, 0.717) is 5.56 Å². The normalized spacial score (nSPS) is 18.9. The molecule has 1 aliphatic rings. The molecule has 1 saturated heterocycles. The van der Waals surface area contributed by atoms with Crippen molar-refractivity contribution in [2.45, 2.75) is 25.8 Å². The van der Waals surface area contributed by atoms with Gasteiger partial charge in [0.1, 0.15) is 5.82 Å². The van der Waals surface area contributed by atoms with E-state index in [9.17, 15) is 9.18 Å². The van der Waals surface area contributed by atoms with E-state index in [1.165, 1.54) is 6.07 Å². The maximum absolute atomic E-state index is 13.7. The molecular formula is C13H18ClFN2O. The van der Waals surface area contributed by atoms with Gasteiger partial charge in [0.2, 0.25) is 0 Å². The maximum atomic E-state index is 13.7. The third-order valence-electron chi connectivity index (χ3n) is 3.07. The largest absolute Gasteiger partial charge is 0.348 e. The topological polar surface area (TPSA) is 41.1 Å². The Balaban J connectivity index is 0.00000162. The fourth-order valence-electron chi connectivity index (χ4n) is 2.06. The zero-order valence-electron chi connectivity index (χ0n) is 10.3. The van der Waals surface area contributed by atoms with Gasteiger partial charge < -0.3 is 10.6 Å². The van der Waals surface area contributed by atoms with Crippen LogP contribution < -0.4 is 10.6 Å². The van der Waals surface area contributed by atoms with Crippen molar-refractivity contribution in [1.82, 2.24) is 10.6 Å². The highest BCUT2D eigenvalue weighted by atomic mass is 35.5. The first kappa shape index (κ1) is 14.9. The summed E-state index contributed by atoms with van der Waals surface area (Å²) < 4.78 is 13.7. The average molecular weight is 273 g/mol. The van der Waals surface area contributed by atoms with Crippen LogP contribution in [0, 0.1) is 12.7 Å².